The van der Waals surface area contributed by atoms with Gasteiger partial charge in [0.1, 0.15) is 0 Å². The third-order valence-corrected chi connectivity index (χ3v) is 5.36. The van der Waals surface area contributed by atoms with E-state index in [0.717, 1.165) is 32.1 Å². The highest BCUT2D eigenvalue weighted by atomic mass is 16.2. The van der Waals surface area contributed by atoms with E-state index in [1.165, 1.54) is 4.68 Å². The molecule has 6 heteroatoms. The maximum Gasteiger partial charge on any atom is 0.274 e. The number of unbranched alkanes of at least 4 members (excludes halogenated alkanes) is 2. The number of nitrogens with two attached hydrogens (primary N) is 1. The third-order valence-electron chi connectivity index (χ3n) is 5.36. The van der Waals surface area contributed by atoms with E-state index in [-0.39, 0.29) is 11.5 Å². The molecule has 0 aliphatic heterocycles. The molecule has 26 heavy (non-hydrogen) atoms. The van der Waals surface area contributed by atoms with E-state index in [9.17, 15) is 9.59 Å². The van der Waals surface area contributed by atoms with Gasteiger partial charge in [-0.3, -0.25) is 9.59 Å². The number of carbonyl (C=O) groups is 1. The molecule has 6 nitrogen and oxygen atoms in total. The number of aryl methyl sites for hydroxylation is 1. The lowest BCUT2D eigenvalue weighted by Crippen LogP contribution is -2.53. The molecule has 1 saturated carbocycles. The van der Waals surface area contributed by atoms with Crippen LogP contribution >= 0.6 is 0 Å². The lowest BCUT2D eigenvalue weighted by Gasteiger charge is -2.29. The summed E-state index contributed by atoms with van der Waals surface area (Å²) >= 11 is 0. The van der Waals surface area contributed by atoms with Crippen molar-refractivity contribution in [3.05, 3.63) is 40.3 Å². The second-order valence-corrected chi connectivity index (χ2v) is 7.48. The Labute approximate surface area is 153 Å². The van der Waals surface area contributed by atoms with Gasteiger partial charge in [-0.05, 0) is 38.2 Å². The topological polar surface area (TPSA) is 90.0 Å². The Hall–Kier alpha value is -2.21. The number of hydrogen-bond acceptors (Lipinski definition) is 4. The number of amides is 1. The molecule has 0 saturated heterocycles. The molecule has 1 atom stereocenters. The summed E-state index contributed by atoms with van der Waals surface area (Å²) in [5, 5.41) is 8.63. The summed E-state index contributed by atoms with van der Waals surface area (Å²) in [5.41, 5.74) is 5.67. The van der Waals surface area contributed by atoms with Gasteiger partial charge in [0.2, 0.25) is 0 Å². The molecule has 3 rings (SSSR count). The molecule has 2 aromatic rings. The number of rotatable bonds is 8. The van der Waals surface area contributed by atoms with Crippen molar-refractivity contribution in [1.82, 2.24) is 15.1 Å². The first kappa shape index (κ1) is 18.6. The Bertz CT molecular complexity index is 857. The first-order chi connectivity index (χ1) is 12.5. The van der Waals surface area contributed by atoms with E-state index in [2.05, 4.69) is 17.3 Å². The maximum atomic E-state index is 13.0. The summed E-state index contributed by atoms with van der Waals surface area (Å²) in [4.78, 5) is 25.7. The van der Waals surface area contributed by atoms with E-state index in [1.54, 1.807) is 12.1 Å². The number of nitrogens with one attached hydrogen (secondary N) is 1. The van der Waals surface area contributed by atoms with E-state index in [4.69, 9.17) is 5.73 Å². The van der Waals surface area contributed by atoms with Gasteiger partial charge in [0.15, 0.2) is 5.69 Å². The van der Waals surface area contributed by atoms with Crippen LogP contribution in [0, 0.1) is 5.92 Å². The van der Waals surface area contributed by atoms with Gasteiger partial charge in [0.25, 0.3) is 11.5 Å². The molecule has 1 fully saturated rings. The van der Waals surface area contributed by atoms with Crippen LogP contribution in [0.15, 0.2) is 29.1 Å². The highest BCUT2D eigenvalue weighted by molar-refractivity contribution is 6.05. The zero-order valence-corrected chi connectivity index (χ0v) is 15.6. The minimum atomic E-state index is -0.428. The van der Waals surface area contributed by atoms with Crippen LogP contribution in [0.3, 0.4) is 0 Å². The molecule has 3 N–H and O–H groups in total. The zero-order valence-electron chi connectivity index (χ0n) is 15.6. The Balaban J connectivity index is 1.99. The molecule has 0 bridgehead atoms. The maximum absolute atomic E-state index is 13.0. The van der Waals surface area contributed by atoms with Gasteiger partial charge in [-0.25, -0.2) is 4.68 Å². The predicted molar refractivity (Wildman–Crippen MR) is 103 cm³/mol. The molecular formula is C20H28N4O2. The average molecular weight is 356 g/mol. The Kier molecular flexibility index (Phi) is 5.41. The summed E-state index contributed by atoms with van der Waals surface area (Å²) in [7, 11) is 0. The highest BCUT2D eigenvalue weighted by Gasteiger charge is 2.42. The van der Waals surface area contributed by atoms with Gasteiger partial charge in [-0.15, -0.1) is 0 Å². The fourth-order valence-corrected chi connectivity index (χ4v) is 3.42. The summed E-state index contributed by atoms with van der Waals surface area (Å²) in [6.45, 7) is 5.01. The molecule has 0 radical (unpaired) electrons. The van der Waals surface area contributed by atoms with Gasteiger partial charge >= 0.3 is 0 Å². The van der Waals surface area contributed by atoms with Crippen molar-refractivity contribution in [3.8, 4) is 0 Å². The lowest BCUT2D eigenvalue weighted by atomic mass is 9.95. The first-order valence-electron chi connectivity index (χ1n) is 9.52. The van der Waals surface area contributed by atoms with Gasteiger partial charge < -0.3 is 11.1 Å². The molecule has 1 aromatic carbocycles. The number of hydrogen-bond donors (Lipinski definition) is 2. The van der Waals surface area contributed by atoms with Crippen molar-refractivity contribution in [2.45, 2.75) is 58.0 Å². The van der Waals surface area contributed by atoms with Crippen LogP contribution in [-0.2, 0) is 6.54 Å². The molecular weight excluding hydrogens is 328 g/mol. The Morgan fingerprint density at radius 1 is 1.31 bits per heavy atom. The summed E-state index contributed by atoms with van der Waals surface area (Å²) in [6, 6.07) is 7.18. The molecule has 1 aromatic heterocycles. The van der Waals surface area contributed by atoms with Crippen molar-refractivity contribution in [1.29, 1.82) is 0 Å². The van der Waals surface area contributed by atoms with E-state index in [0.29, 0.717) is 35.5 Å². The molecule has 1 amide bonds. The van der Waals surface area contributed by atoms with Crippen LogP contribution < -0.4 is 16.6 Å². The lowest BCUT2D eigenvalue weighted by molar-refractivity contribution is 0.0892. The molecule has 140 valence electrons. The fourth-order valence-electron chi connectivity index (χ4n) is 3.42. The first-order valence-corrected chi connectivity index (χ1v) is 9.52. The summed E-state index contributed by atoms with van der Waals surface area (Å²) in [5.74, 6) is 0.156. The van der Waals surface area contributed by atoms with Crippen LogP contribution in [0.2, 0.25) is 0 Å². The van der Waals surface area contributed by atoms with E-state index in [1.807, 2.05) is 19.1 Å². The summed E-state index contributed by atoms with van der Waals surface area (Å²) in [6.07, 6.45) is 5.12. The minimum Gasteiger partial charge on any atom is -0.344 e. The average Bonchev–Trinajstić information content (AvgIpc) is 3.49. The number of benzene rings is 1. The van der Waals surface area contributed by atoms with Crippen molar-refractivity contribution in [3.63, 3.8) is 0 Å². The van der Waals surface area contributed by atoms with Gasteiger partial charge in [-0.1, -0.05) is 38.0 Å². The predicted octanol–water partition coefficient (Wildman–Crippen LogP) is 2.44. The standard InChI is InChI=1S/C20H28N4O2/c1-3-4-7-12-24-19(26)16-9-6-5-8-15(16)17(23-24)18(25)22-20(2,13-21)14-10-11-14/h5-6,8-9,14H,3-4,7,10-13,21H2,1-2H3,(H,22,25). The zero-order chi connectivity index (χ0) is 18.7. The van der Waals surface area contributed by atoms with Gasteiger partial charge in [-0.2, -0.15) is 5.10 Å². The third kappa shape index (κ3) is 3.65. The number of aromatic nitrogens is 2. The molecule has 1 aliphatic carbocycles. The van der Waals surface area contributed by atoms with E-state index < -0.39 is 5.54 Å². The van der Waals surface area contributed by atoms with Crippen LogP contribution in [0.5, 0.6) is 0 Å². The second-order valence-electron chi connectivity index (χ2n) is 7.48. The minimum absolute atomic E-state index is 0.142. The molecule has 1 aliphatic rings. The van der Waals surface area contributed by atoms with Crippen LogP contribution in [-0.4, -0.2) is 27.8 Å². The number of nitrogens with zero attached hydrogens (tertiary/aromatic N) is 2. The van der Waals surface area contributed by atoms with Gasteiger partial charge in [0, 0.05) is 18.5 Å². The smallest absolute Gasteiger partial charge is 0.274 e. The molecule has 1 unspecified atom stereocenters. The van der Waals surface area contributed by atoms with Crippen LogP contribution in [0.25, 0.3) is 10.8 Å². The van der Waals surface area contributed by atoms with E-state index >= 15 is 0 Å². The SMILES string of the molecule is CCCCCn1nc(C(=O)NC(C)(CN)C2CC2)c2ccccc2c1=O. The quantitative estimate of drug-likeness (QED) is 0.711. The van der Waals surface area contributed by atoms with Gasteiger partial charge in [0.05, 0.1) is 10.9 Å². The van der Waals surface area contributed by atoms with Crippen LogP contribution in [0.1, 0.15) is 56.4 Å². The largest absolute Gasteiger partial charge is 0.344 e. The van der Waals surface area contributed by atoms with Crippen molar-refractivity contribution in [2.24, 2.45) is 11.7 Å². The van der Waals surface area contributed by atoms with Crippen molar-refractivity contribution in [2.75, 3.05) is 6.54 Å². The number of fused-ring (bicyclic) bond motifs is 1. The van der Waals surface area contributed by atoms with Crippen LogP contribution in [0.4, 0.5) is 0 Å². The fraction of sp³-hybridized carbons (Fsp3) is 0.550. The Morgan fingerprint density at radius 3 is 2.62 bits per heavy atom. The summed E-state index contributed by atoms with van der Waals surface area (Å²) < 4.78 is 1.43. The van der Waals surface area contributed by atoms with Crippen molar-refractivity contribution < 1.29 is 4.79 Å². The second kappa shape index (κ2) is 7.58. The molecule has 1 heterocycles. The van der Waals surface area contributed by atoms with Crippen molar-refractivity contribution >= 4 is 16.7 Å². The highest BCUT2D eigenvalue weighted by Crippen LogP contribution is 2.39. The molecule has 0 spiro atoms. The normalized spacial score (nSPS) is 16.4. The Morgan fingerprint density at radius 2 is 2.00 bits per heavy atom. The monoisotopic (exact) mass is 356 g/mol. The number of carbonyl (C=O) groups excluding carboxylic acids is 1.